The zero-order valence-electron chi connectivity index (χ0n) is 9.73. The lowest BCUT2D eigenvalue weighted by molar-refractivity contribution is -0.150. The van der Waals surface area contributed by atoms with Crippen LogP contribution in [0.3, 0.4) is 0 Å². The Labute approximate surface area is 100 Å². The van der Waals surface area contributed by atoms with E-state index < -0.39 is 6.10 Å². The minimum atomic E-state index is -0.576. The van der Waals surface area contributed by atoms with Gasteiger partial charge in [-0.1, -0.05) is 12.1 Å². The number of rotatable bonds is 5. The van der Waals surface area contributed by atoms with Gasteiger partial charge in [-0.05, 0) is 32.2 Å². The first-order chi connectivity index (χ1) is 7.69. The standard InChI is InChI=1S/C12H16O3S/c1-4-14-12(13)9(2)15-10-7-5-6-8-11(10)16-3/h5-9H,4H2,1-3H3/t9-/m0/s1. The van der Waals surface area contributed by atoms with Crippen molar-refractivity contribution in [1.82, 2.24) is 0 Å². The van der Waals surface area contributed by atoms with Gasteiger partial charge in [-0.15, -0.1) is 11.8 Å². The van der Waals surface area contributed by atoms with Gasteiger partial charge in [-0.25, -0.2) is 4.79 Å². The van der Waals surface area contributed by atoms with Gasteiger partial charge in [0.15, 0.2) is 6.10 Å². The van der Waals surface area contributed by atoms with Crippen LogP contribution in [0.2, 0.25) is 0 Å². The second kappa shape index (κ2) is 6.43. The first-order valence-corrected chi connectivity index (χ1v) is 6.37. The minimum Gasteiger partial charge on any atom is -0.478 e. The molecule has 88 valence electrons. The molecule has 0 radical (unpaired) electrons. The fraction of sp³-hybridized carbons (Fsp3) is 0.417. The molecule has 0 heterocycles. The van der Waals surface area contributed by atoms with E-state index in [-0.39, 0.29) is 5.97 Å². The molecule has 3 nitrogen and oxygen atoms in total. The smallest absolute Gasteiger partial charge is 0.347 e. The number of hydrogen-bond donors (Lipinski definition) is 0. The van der Waals surface area contributed by atoms with E-state index in [9.17, 15) is 4.79 Å². The first kappa shape index (κ1) is 12.9. The minimum absolute atomic E-state index is 0.335. The number of ether oxygens (including phenoxy) is 2. The molecule has 0 amide bonds. The highest BCUT2D eigenvalue weighted by molar-refractivity contribution is 7.98. The molecule has 0 aromatic heterocycles. The third kappa shape index (κ3) is 3.45. The van der Waals surface area contributed by atoms with Crippen LogP contribution in [0.4, 0.5) is 0 Å². The molecule has 1 rings (SSSR count). The Morgan fingerprint density at radius 2 is 2.12 bits per heavy atom. The van der Waals surface area contributed by atoms with E-state index in [2.05, 4.69) is 0 Å². The number of para-hydroxylation sites is 1. The van der Waals surface area contributed by atoms with E-state index in [0.29, 0.717) is 6.61 Å². The van der Waals surface area contributed by atoms with E-state index >= 15 is 0 Å². The molecule has 0 aliphatic carbocycles. The predicted molar refractivity (Wildman–Crippen MR) is 64.9 cm³/mol. The molecule has 0 fully saturated rings. The third-order valence-electron chi connectivity index (χ3n) is 1.99. The molecular weight excluding hydrogens is 224 g/mol. The highest BCUT2D eigenvalue weighted by Crippen LogP contribution is 2.27. The Balaban J connectivity index is 2.68. The fourth-order valence-electron chi connectivity index (χ4n) is 1.21. The van der Waals surface area contributed by atoms with Crippen LogP contribution in [0.5, 0.6) is 5.75 Å². The summed E-state index contributed by atoms with van der Waals surface area (Å²) in [5.41, 5.74) is 0. The topological polar surface area (TPSA) is 35.5 Å². The van der Waals surface area contributed by atoms with Gasteiger partial charge in [0, 0.05) is 4.90 Å². The molecule has 0 bridgehead atoms. The van der Waals surface area contributed by atoms with Crippen molar-refractivity contribution >= 4 is 17.7 Å². The summed E-state index contributed by atoms with van der Waals surface area (Å²) in [4.78, 5) is 12.4. The van der Waals surface area contributed by atoms with Crippen LogP contribution >= 0.6 is 11.8 Å². The average molecular weight is 240 g/mol. The van der Waals surface area contributed by atoms with Crippen molar-refractivity contribution in [2.45, 2.75) is 24.8 Å². The molecule has 1 atom stereocenters. The summed E-state index contributed by atoms with van der Waals surface area (Å²) in [6.45, 7) is 3.84. The lowest BCUT2D eigenvalue weighted by atomic mass is 10.3. The number of thioether (sulfide) groups is 1. The molecule has 0 unspecified atom stereocenters. The van der Waals surface area contributed by atoms with E-state index in [1.807, 2.05) is 30.5 Å². The highest BCUT2D eigenvalue weighted by atomic mass is 32.2. The van der Waals surface area contributed by atoms with E-state index in [4.69, 9.17) is 9.47 Å². The Bertz CT molecular complexity index is 352. The van der Waals surface area contributed by atoms with E-state index in [1.165, 1.54) is 0 Å². The normalized spacial score (nSPS) is 11.9. The number of hydrogen-bond acceptors (Lipinski definition) is 4. The average Bonchev–Trinajstić information content (AvgIpc) is 2.30. The summed E-state index contributed by atoms with van der Waals surface area (Å²) in [7, 11) is 0. The largest absolute Gasteiger partial charge is 0.478 e. The first-order valence-electron chi connectivity index (χ1n) is 5.15. The summed E-state index contributed by atoms with van der Waals surface area (Å²) < 4.78 is 10.4. The molecule has 0 spiro atoms. The maximum atomic E-state index is 11.4. The second-order valence-corrected chi connectivity index (χ2v) is 4.01. The van der Waals surface area contributed by atoms with Crippen LogP contribution in [0, 0.1) is 0 Å². The van der Waals surface area contributed by atoms with Crippen molar-refractivity contribution < 1.29 is 14.3 Å². The van der Waals surface area contributed by atoms with E-state index in [0.717, 1.165) is 10.6 Å². The highest BCUT2D eigenvalue weighted by Gasteiger charge is 2.16. The molecule has 1 aromatic rings. The summed E-state index contributed by atoms with van der Waals surface area (Å²) in [5, 5.41) is 0. The van der Waals surface area contributed by atoms with E-state index in [1.54, 1.807) is 25.6 Å². The van der Waals surface area contributed by atoms with Crippen molar-refractivity contribution in [3.8, 4) is 5.75 Å². The van der Waals surface area contributed by atoms with Gasteiger partial charge < -0.3 is 9.47 Å². The molecule has 16 heavy (non-hydrogen) atoms. The molecule has 4 heteroatoms. The van der Waals surface area contributed by atoms with Gasteiger partial charge in [0.1, 0.15) is 5.75 Å². The molecule has 0 saturated carbocycles. The van der Waals surface area contributed by atoms with Crippen molar-refractivity contribution in [2.75, 3.05) is 12.9 Å². The van der Waals surface area contributed by atoms with Crippen molar-refractivity contribution in [3.05, 3.63) is 24.3 Å². The van der Waals surface area contributed by atoms with Gasteiger partial charge in [-0.2, -0.15) is 0 Å². The summed E-state index contributed by atoms with van der Waals surface area (Å²) in [6, 6.07) is 7.63. The maximum absolute atomic E-state index is 11.4. The van der Waals surface area contributed by atoms with Crippen LogP contribution in [-0.4, -0.2) is 24.9 Å². The molecule has 0 aliphatic heterocycles. The predicted octanol–water partition coefficient (Wildman–Crippen LogP) is 2.74. The van der Waals surface area contributed by atoms with Crippen molar-refractivity contribution in [2.24, 2.45) is 0 Å². The van der Waals surface area contributed by atoms with Crippen LogP contribution in [0.25, 0.3) is 0 Å². The van der Waals surface area contributed by atoms with Gasteiger partial charge >= 0.3 is 5.97 Å². The Kier molecular flexibility index (Phi) is 5.19. The third-order valence-corrected chi connectivity index (χ3v) is 2.77. The fourth-order valence-corrected chi connectivity index (χ4v) is 1.75. The van der Waals surface area contributed by atoms with Gasteiger partial charge in [0.25, 0.3) is 0 Å². The molecule has 1 aromatic carbocycles. The number of carbonyl (C=O) groups excluding carboxylic acids is 1. The van der Waals surface area contributed by atoms with Crippen LogP contribution < -0.4 is 4.74 Å². The summed E-state index contributed by atoms with van der Waals surface area (Å²) in [5.74, 6) is 0.383. The number of esters is 1. The molecule has 0 N–H and O–H groups in total. The van der Waals surface area contributed by atoms with Crippen LogP contribution in [-0.2, 0) is 9.53 Å². The second-order valence-electron chi connectivity index (χ2n) is 3.16. The zero-order chi connectivity index (χ0) is 12.0. The Hall–Kier alpha value is -1.16. The van der Waals surface area contributed by atoms with Gasteiger partial charge in [0.05, 0.1) is 6.61 Å². The zero-order valence-corrected chi connectivity index (χ0v) is 10.5. The van der Waals surface area contributed by atoms with Crippen molar-refractivity contribution in [3.63, 3.8) is 0 Å². The quantitative estimate of drug-likeness (QED) is 0.585. The molecule has 0 saturated heterocycles. The summed E-state index contributed by atoms with van der Waals surface area (Å²) in [6.07, 6.45) is 1.39. The molecular formula is C12H16O3S. The van der Waals surface area contributed by atoms with Gasteiger partial charge in [0.2, 0.25) is 0 Å². The van der Waals surface area contributed by atoms with Gasteiger partial charge in [-0.3, -0.25) is 0 Å². The summed E-state index contributed by atoms with van der Waals surface area (Å²) >= 11 is 1.59. The lowest BCUT2D eigenvalue weighted by Crippen LogP contribution is -2.26. The van der Waals surface area contributed by atoms with Crippen LogP contribution in [0.1, 0.15) is 13.8 Å². The lowest BCUT2D eigenvalue weighted by Gasteiger charge is -2.15. The SMILES string of the molecule is CCOC(=O)[C@H](C)Oc1ccccc1SC. The van der Waals surface area contributed by atoms with Crippen LogP contribution in [0.15, 0.2) is 29.2 Å². The van der Waals surface area contributed by atoms with Crippen molar-refractivity contribution in [1.29, 1.82) is 0 Å². The Morgan fingerprint density at radius 1 is 1.44 bits per heavy atom. The Morgan fingerprint density at radius 3 is 2.75 bits per heavy atom. The number of carbonyl (C=O) groups is 1. The maximum Gasteiger partial charge on any atom is 0.347 e. The number of benzene rings is 1. The monoisotopic (exact) mass is 240 g/mol. The molecule has 0 aliphatic rings.